The minimum atomic E-state index is -0.385. The van der Waals surface area contributed by atoms with Gasteiger partial charge in [0.05, 0.1) is 0 Å². The number of carbonyl (C=O) groups excluding carboxylic acids is 1. The first-order valence-electron chi connectivity index (χ1n) is 7.65. The van der Waals surface area contributed by atoms with Crippen LogP contribution in [0.5, 0.6) is 5.75 Å². The van der Waals surface area contributed by atoms with Gasteiger partial charge in [0.2, 0.25) is 0 Å². The summed E-state index contributed by atoms with van der Waals surface area (Å²) < 4.78 is 5.28. The van der Waals surface area contributed by atoms with E-state index in [1.165, 1.54) is 41.5 Å². The molecule has 112 valence electrons. The predicted octanol–water partition coefficient (Wildman–Crippen LogP) is 4.63. The zero-order valence-electron chi connectivity index (χ0n) is 13.1. The standard InChI is InChI=1S/C20H20O2/c1-13(2)20(21)22-18-9-10-19(14(3)11-18)17-8-7-15-5-4-6-16(15)12-17/h7-12H,1,4-6H2,2-3H3. The van der Waals surface area contributed by atoms with Gasteiger partial charge in [-0.1, -0.05) is 30.8 Å². The van der Waals surface area contributed by atoms with E-state index in [9.17, 15) is 4.79 Å². The van der Waals surface area contributed by atoms with Crippen molar-refractivity contribution < 1.29 is 9.53 Å². The van der Waals surface area contributed by atoms with Crippen molar-refractivity contribution in [3.8, 4) is 16.9 Å². The SMILES string of the molecule is C=C(C)C(=O)Oc1ccc(-c2ccc3c(c2)CCC3)c(C)c1. The highest BCUT2D eigenvalue weighted by molar-refractivity contribution is 5.88. The van der Waals surface area contributed by atoms with Gasteiger partial charge in [0.25, 0.3) is 0 Å². The molecule has 0 bridgehead atoms. The minimum Gasteiger partial charge on any atom is -0.423 e. The van der Waals surface area contributed by atoms with Crippen LogP contribution in [-0.2, 0) is 17.6 Å². The summed E-state index contributed by atoms with van der Waals surface area (Å²) in [6.45, 7) is 7.29. The van der Waals surface area contributed by atoms with Gasteiger partial charge < -0.3 is 4.74 Å². The molecule has 2 aromatic rings. The Hall–Kier alpha value is -2.35. The van der Waals surface area contributed by atoms with Gasteiger partial charge >= 0.3 is 5.97 Å². The fourth-order valence-electron chi connectivity index (χ4n) is 2.96. The number of rotatable bonds is 3. The predicted molar refractivity (Wildman–Crippen MR) is 89.1 cm³/mol. The van der Waals surface area contributed by atoms with E-state index in [2.05, 4.69) is 24.8 Å². The summed E-state index contributed by atoms with van der Waals surface area (Å²) in [6.07, 6.45) is 3.63. The molecule has 2 heteroatoms. The number of benzene rings is 2. The van der Waals surface area contributed by atoms with Gasteiger partial charge in [-0.25, -0.2) is 4.79 Å². The lowest BCUT2D eigenvalue weighted by molar-refractivity contribution is -0.130. The molecule has 0 fully saturated rings. The lowest BCUT2D eigenvalue weighted by atomic mass is 9.97. The molecule has 0 radical (unpaired) electrons. The van der Waals surface area contributed by atoms with Crippen LogP contribution >= 0.6 is 0 Å². The highest BCUT2D eigenvalue weighted by atomic mass is 16.5. The number of carbonyl (C=O) groups is 1. The lowest BCUT2D eigenvalue weighted by Gasteiger charge is -2.11. The highest BCUT2D eigenvalue weighted by Crippen LogP contribution is 2.31. The summed E-state index contributed by atoms with van der Waals surface area (Å²) in [4.78, 5) is 11.6. The van der Waals surface area contributed by atoms with Crippen LogP contribution in [0.1, 0.15) is 30.0 Å². The first-order valence-corrected chi connectivity index (χ1v) is 7.65. The first-order chi connectivity index (χ1) is 10.5. The molecule has 1 aliphatic rings. The van der Waals surface area contributed by atoms with Crippen molar-refractivity contribution in [2.24, 2.45) is 0 Å². The maximum Gasteiger partial charge on any atom is 0.338 e. The molecule has 0 saturated carbocycles. The van der Waals surface area contributed by atoms with Crippen LogP contribution in [0.25, 0.3) is 11.1 Å². The fourth-order valence-corrected chi connectivity index (χ4v) is 2.96. The average Bonchev–Trinajstić information content (AvgIpc) is 2.94. The third-order valence-electron chi connectivity index (χ3n) is 4.17. The van der Waals surface area contributed by atoms with Gasteiger partial charge in [-0.3, -0.25) is 0 Å². The number of esters is 1. The molecule has 0 aliphatic heterocycles. The number of ether oxygens (including phenoxy) is 1. The monoisotopic (exact) mass is 292 g/mol. The summed E-state index contributed by atoms with van der Waals surface area (Å²) in [5, 5.41) is 0. The Labute approximate surface area is 131 Å². The Morgan fingerprint density at radius 3 is 2.59 bits per heavy atom. The molecular weight excluding hydrogens is 272 g/mol. The summed E-state index contributed by atoms with van der Waals surface area (Å²) in [5.41, 5.74) is 6.87. The molecule has 3 rings (SSSR count). The van der Waals surface area contributed by atoms with E-state index >= 15 is 0 Å². The molecule has 2 nitrogen and oxygen atoms in total. The Morgan fingerprint density at radius 2 is 1.86 bits per heavy atom. The van der Waals surface area contributed by atoms with Gasteiger partial charge in [-0.2, -0.15) is 0 Å². The van der Waals surface area contributed by atoms with Crippen molar-refractivity contribution in [2.45, 2.75) is 33.1 Å². The molecule has 0 spiro atoms. The zero-order chi connectivity index (χ0) is 15.7. The van der Waals surface area contributed by atoms with Gasteiger partial charge in [0.15, 0.2) is 0 Å². The van der Waals surface area contributed by atoms with Crippen LogP contribution in [0, 0.1) is 6.92 Å². The van der Waals surface area contributed by atoms with Crippen LogP contribution in [0.3, 0.4) is 0 Å². The minimum absolute atomic E-state index is 0.385. The summed E-state index contributed by atoms with van der Waals surface area (Å²) >= 11 is 0. The maximum absolute atomic E-state index is 11.6. The first kappa shape index (κ1) is 14.6. The summed E-state index contributed by atoms with van der Waals surface area (Å²) in [5.74, 6) is 0.181. The molecule has 22 heavy (non-hydrogen) atoms. The topological polar surface area (TPSA) is 26.3 Å². The molecule has 0 atom stereocenters. The number of fused-ring (bicyclic) bond motifs is 1. The molecular formula is C20H20O2. The normalized spacial score (nSPS) is 12.8. The smallest absolute Gasteiger partial charge is 0.338 e. The van der Waals surface area contributed by atoms with E-state index in [4.69, 9.17) is 4.74 Å². The second-order valence-electron chi connectivity index (χ2n) is 5.98. The zero-order valence-corrected chi connectivity index (χ0v) is 13.1. The van der Waals surface area contributed by atoms with Crippen LogP contribution < -0.4 is 4.74 Å². The molecule has 0 amide bonds. The Bertz CT molecular complexity index is 756. The maximum atomic E-state index is 11.6. The lowest BCUT2D eigenvalue weighted by Crippen LogP contribution is -2.08. The van der Waals surface area contributed by atoms with E-state index in [0.717, 1.165) is 5.56 Å². The molecule has 1 aliphatic carbocycles. The number of hydrogen-bond acceptors (Lipinski definition) is 2. The second-order valence-corrected chi connectivity index (χ2v) is 5.98. The van der Waals surface area contributed by atoms with Gasteiger partial charge in [-0.05, 0) is 73.1 Å². The van der Waals surface area contributed by atoms with Crippen molar-refractivity contribution in [1.29, 1.82) is 0 Å². The van der Waals surface area contributed by atoms with Gasteiger partial charge in [0, 0.05) is 5.57 Å². The molecule has 0 N–H and O–H groups in total. The number of aryl methyl sites for hydroxylation is 3. The average molecular weight is 292 g/mol. The third kappa shape index (κ3) is 2.82. The van der Waals surface area contributed by atoms with Crippen LogP contribution in [-0.4, -0.2) is 5.97 Å². The van der Waals surface area contributed by atoms with Crippen molar-refractivity contribution in [2.75, 3.05) is 0 Å². The van der Waals surface area contributed by atoms with Crippen LogP contribution in [0.15, 0.2) is 48.6 Å². The van der Waals surface area contributed by atoms with Gasteiger partial charge in [-0.15, -0.1) is 0 Å². The summed E-state index contributed by atoms with van der Waals surface area (Å²) in [6, 6.07) is 12.5. The van der Waals surface area contributed by atoms with Crippen molar-refractivity contribution in [1.82, 2.24) is 0 Å². The Balaban J connectivity index is 1.89. The molecule has 2 aromatic carbocycles. The van der Waals surface area contributed by atoms with E-state index in [-0.39, 0.29) is 5.97 Å². The van der Waals surface area contributed by atoms with E-state index in [1.807, 2.05) is 25.1 Å². The quantitative estimate of drug-likeness (QED) is 0.468. The molecule has 0 saturated heterocycles. The van der Waals surface area contributed by atoms with Gasteiger partial charge in [0.1, 0.15) is 5.75 Å². The van der Waals surface area contributed by atoms with Crippen molar-refractivity contribution >= 4 is 5.97 Å². The largest absolute Gasteiger partial charge is 0.423 e. The number of hydrogen-bond donors (Lipinski definition) is 0. The van der Waals surface area contributed by atoms with E-state index in [0.29, 0.717) is 11.3 Å². The van der Waals surface area contributed by atoms with Crippen molar-refractivity contribution in [3.05, 3.63) is 65.2 Å². The van der Waals surface area contributed by atoms with Crippen LogP contribution in [0.4, 0.5) is 0 Å². The Kier molecular flexibility index (Phi) is 3.84. The van der Waals surface area contributed by atoms with E-state index < -0.39 is 0 Å². The van der Waals surface area contributed by atoms with Crippen molar-refractivity contribution in [3.63, 3.8) is 0 Å². The van der Waals surface area contributed by atoms with Crippen LogP contribution in [0.2, 0.25) is 0 Å². The highest BCUT2D eigenvalue weighted by Gasteiger charge is 2.13. The van der Waals surface area contributed by atoms with E-state index in [1.54, 1.807) is 6.92 Å². The molecule has 0 heterocycles. The third-order valence-corrected chi connectivity index (χ3v) is 4.17. The molecule has 0 unspecified atom stereocenters. The fraction of sp³-hybridized carbons (Fsp3) is 0.250. The Morgan fingerprint density at radius 1 is 1.09 bits per heavy atom. The molecule has 0 aromatic heterocycles. The summed E-state index contributed by atoms with van der Waals surface area (Å²) in [7, 11) is 0. The second kappa shape index (κ2) is 5.80.